The predicted octanol–water partition coefficient (Wildman–Crippen LogP) is 0.549. The normalized spacial score (nSPS) is 10.7. The second-order valence-electron chi connectivity index (χ2n) is 3.62. The average Bonchev–Trinajstić information content (AvgIpc) is 2.87. The van der Waals surface area contributed by atoms with Crippen molar-refractivity contribution in [2.24, 2.45) is 0 Å². The highest BCUT2D eigenvalue weighted by molar-refractivity contribution is 5.86. The summed E-state index contributed by atoms with van der Waals surface area (Å²) in [5.41, 5.74) is 0.516. The minimum Gasteiger partial charge on any atom is -0.476 e. The molecule has 0 saturated carbocycles. The molecule has 0 aliphatic carbocycles. The van der Waals surface area contributed by atoms with Crippen LogP contribution in [0.15, 0.2) is 12.4 Å². The Hall–Kier alpha value is -2.18. The van der Waals surface area contributed by atoms with E-state index in [4.69, 9.17) is 5.11 Å². The first kappa shape index (κ1) is 11.3. The largest absolute Gasteiger partial charge is 0.476 e. The summed E-state index contributed by atoms with van der Waals surface area (Å²) in [6.45, 7) is 4.94. The van der Waals surface area contributed by atoms with Gasteiger partial charge >= 0.3 is 5.97 Å². The second-order valence-corrected chi connectivity index (χ2v) is 3.62. The Bertz CT molecular complexity index is 543. The third-order valence-corrected chi connectivity index (χ3v) is 2.62. The number of hydrogen-bond donors (Lipinski definition) is 1. The summed E-state index contributed by atoms with van der Waals surface area (Å²) in [7, 11) is 0. The van der Waals surface area contributed by atoms with Gasteiger partial charge in [-0.3, -0.25) is 0 Å². The number of carbonyl (C=O) groups is 1. The van der Waals surface area contributed by atoms with Crippen LogP contribution >= 0.6 is 0 Å². The lowest BCUT2D eigenvalue weighted by Crippen LogP contribution is -2.10. The lowest BCUT2D eigenvalue weighted by molar-refractivity contribution is 0.0689. The summed E-state index contributed by atoms with van der Waals surface area (Å²) in [6, 6.07) is 0. The first-order chi connectivity index (χ1) is 8.13. The van der Waals surface area contributed by atoms with Gasteiger partial charge in [-0.2, -0.15) is 0 Å². The monoisotopic (exact) mass is 235 g/mol. The van der Waals surface area contributed by atoms with Gasteiger partial charge in [-0.25, -0.2) is 14.5 Å². The van der Waals surface area contributed by atoms with Gasteiger partial charge < -0.3 is 9.67 Å². The molecule has 2 aromatic rings. The van der Waals surface area contributed by atoms with E-state index in [2.05, 4.69) is 15.3 Å². The number of imidazole rings is 1. The van der Waals surface area contributed by atoms with Crippen molar-refractivity contribution < 1.29 is 9.90 Å². The molecular weight excluding hydrogens is 222 g/mol. The molecule has 0 spiro atoms. The molecular formula is C10H13N5O2. The van der Waals surface area contributed by atoms with E-state index in [-0.39, 0.29) is 5.69 Å². The van der Waals surface area contributed by atoms with Crippen LogP contribution in [0.1, 0.15) is 28.9 Å². The molecule has 0 atom stereocenters. The second kappa shape index (κ2) is 4.36. The van der Waals surface area contributed by atoms with E-state index in [1.807, 2.05) is 17.7 Å². The molecule has 0 saturated heterocycles. The Morgan fingerprint density at radius 3 is 2.88 bits per heavy atom. The van der Waals surface area contributed by atoms with Gasteiger partial charge in [0.05, 0.1) is 5.69 Å². The molecule has 0 radical (unpaired) electrons. The number of carboxylic acid groups (broad SMARTS) is 1. The number of aromatic nitrogens is 5. The number of aryl methyl sites for hydroxylation is 1. The highest BCUT2D eigenvalue weighted by Gasteiger charge is 2.16. The van der Waals surface area contributed by atoms with Crippen LogP contribution in [0.4, 0.5) is 0 Å². The van der Waals surface area contributed by atoms with Crippen molar-refractivity contribution in [2.75, 3.05) is 0 Å². The molecule has 1 N–H and O–H groups in total. The van der Waals surface area contributed by atoms with E-state index in [0.717, 1.165) is 12.4 Å². The molecule has 90 valence electrons. The number of carboxylic acids is 1. The van der Waals surface area contributed by atoms with Crippen LogP contribution < -0.4 is 0 Å². The zero-order valence-electron chi connectivity index (χ0n) is 9.66. The van der Waals surface area contributed by atoms with Crippen molar-refractivity contribution in [3.8, 4) is 0 Å². The Kier molecular flexibility index (Phi) is 2.90. The first-order valence-corrected chi connectivity index (χ1v) is 5.27. The van der Waals surface area contributed by atoms with Crippen LogP contribution in [0, 0.1) is 6.92 Å². The lowest BCUT2D eigenvalue weighted by atomic mass is 10.3. The lowest BCUT2D eigenvalue weighted by Gasteiger charge is -2.05. The molecule has 0 aromatic carbocycles. The zero-order chi connectivity index (χ0) is 12.4. The molecule has 7 heteroatoms. The molecule has 7 nitrogen and oxygen atoms in total. The van der Waals surface area contributed by atoms with Gasteiger partial charge in [0.25, 0.3) is 0 Å². The van der Waals surface area contributed by atoms with Gasteiger partial charge in [0, 0.05) is 18.9 Å². The summed E-state index contributed by atoms with van der Waals surface area (Å²) < 4.78 is 3.51. The van der Waals surface area contributed by atoms with Crippen molar-refractivity contribution in [3.05, 3.63) is 29.6 Å². The third kappa shape index (κ3) is 2.03. The molecule has 17 heavy (non-hydrogen) atoms. The van der Waals surface area contributed by atoms with Crippen molar-refractivity contribution in [3.63, 3.8) is 0 Å². The molecule has 2 aromatic heterocycles. The van der Waals surface area contributed by atoms with E-state index in [9.17, 15) is 4.79 Å². The van der Waals surface area contributed by atoms with E-state index in [0.29, 0.717) is 12.2 Å². The minimum atomic E-state index is -1.06. The maximum Gasteiger partial charge on any atom is 0.358 e. The van der Waals surface area contributed by atoms with Gasteiger partial charge in [-0.05, 0) is 13.8 Å². The summed E-state index contributed by atoms with van der Waals surface area (Å²) in [6.07, 6.45) is 3.59. The van der Waals surface area contributed by atoms with E-state index >= 15 is 0 Å². The Morgan fingerprint density at radius 1 is 1.53 bits per heavy atom. The number of rotatable bonds is 4. The van der Waals surface area contributed by atoms with Crippen LogP contribution in [-0.2, 0) is 13.1 Å². The molecule has 2 heterocycles. The Balaban J connectivity index is 2.28. The maximum atomic E-state index is 10.8. The maximum absolute atomic E-state index is 10.8. The molecule has 0 unspecified atom stereocenters. The van der Waals surface area contributed by atoms with E-state index in [1.165, 1.54) is 4.68 Å². The number of aromatic carboxylic acids is 1. The standard InChI is InChI=1S/C10H13N5O2/c1-3-14-5-4-11-8(14)6-15-7(2)9(10(16)17)12-13-15/h4-5H,3,6H2,1-2H3,(H,16,17). The SMILES string of the molecule is CCn1ccnc1Cn1nnc(C(=O)O)c1C. The highest BCUT2D eigenvalue weighted by atomic mass is 16.4. The highest BCUT2D eigenvalue weighted by Crippen LogP contribution is 2.07. The summed E-state index contributed by atoms with van der Waals surface area (Å²) in [5.74, 6) is -0.231. The molecule has 2 rings (SSSR count). The smallest absolute Gasteiger partial charge is 0.358 e. The van der Waals surface area contributed by atoms with Gasteiger partial charge in [-0.1, -0.05) is 5.21 Å². The van der Waals surface area contributed by atoms with Gasteiger partial charge in [0.2, 0.25) is 0 Å². The van der Waals surface area contributed by atoms with Crippen molar-refractivity contribution in [2.45, 2.75) is 26.9 Å². The minimum absolute atomic E-state index is 0.0143. The summed E-state index contributed by atoms with van der Waals surface area (Å²) in [4.78, 5) is 15.0. The van der Waals surface area contributed by atoms with Gasteiger partial charge in [0.1, 0.15) is 12.4 Å². The molecule has 0 fully saturated rings. The molecule has 0 aliphatic heterocycles. The number of nitrogens with zero attached hydrogens (tertiary/aromatic N) is 5. The van der Waals surface area contributed by atoms with Crippen LogP contribution in [-0.4, -0.2) is 35.6 Å². The fourth-order valence-electron chi connectivity index (χ4n) is 1.62. The van der Waals surface area contributed by atoms with Crippen LogP contribution in [0.2, 0.25) is 0 Å². The Labute approximate surface area is 97.7 Å². The topological polar surface area (TPSA) is 85.8 Å². The summed E-state index contributed by atoms with van der Waals surface area (Å²) >= 11 is 0. The first-order valence-electron chi connectivity index (χ1n) is 5.27. The van der Waals surface area contributed by atoms with Crippen molar-refractivity contribution >= 4 is 5.97 Å². The number of hydrogen-bond acceptors (Lipinski definition) is 4. The zero-order valence-corrected chi connectivity index (χ0v) is 9.66. The van der Waals surface area contributed by atoms with Crippen LogP contribution in [0.3, 0.4) is 0 Å². The quantitative estimate of drug-likeness (QED) is 0.836. The summed E-state index contributed by atoms with van der Waals surface area (Å²) in [5, 5.41) is 16.3. The molecule has 0 bridgehead atoms. The van der Waals surface area contributed by atoms with Crippen molar-refractivity contribution in [1.82, 2.24) is 24.5 Å². The average molecular weight is 235 g/mol. The van der Waals surface area contributed by atoms with E-state index < -0.39 is 5.97 Å². The fourth-order valence-corrected chi connectivity index (χ4v) is 1.62. The fraction of sp³-hybridized carbons (Fsp3) is 0.400. The van der Waals surface area contributed by atoms with Crippen molar-refractivity contribution in [1.29, 1.82) is 0 Å². The van der Waals surface area contributed by atoms with Crippen LogP contribution in [0.5, 0.6) is 0 Å². The Morgan fingerprint density at radius 2 is 2.29 bits per heavy atom. The molecule has 0 amide bonds. The van der Waals surface area contributed by atoms with Gasteiger partial charge in [-0.15, -0.1) is 5.10 Å². The molecule has 0 aliphatic rings. The third-order valence-electron chi connectivity index (χ3n) is 2.62. The predicted molar refractivity (Wildman–Crippen MR) is 58.7 cm³/mol. The van der Waals surface area contributed by atoms with Crippen LogP contribution in [0.25, 0.3) is 0 Å². The van der Waals surface area contributed by atoms with E-state index in [1.54, 1.807) is 13.1 Å². The van der Waals surface area contributed by atoms with Gasteiger partial charge in [0.15, 0.2) is 5.69 Å².